The summed E-state index contributed by atoms with van der Waals surface area (Å²) in [6, 6.07) is 3.63. The van der Waals surface area contributed by atoms with E-state index in [1.165, 1.54) is 16.2 Å². The van der Waals surface area contributed by atoms with E-state index in [-0.39, 0.29) is 11.9 Å². The summed E-state index contributed by atoms with van der Waals surface area (Å²) in [5.74, 6) is -0.0114. The molecule has 1 aliphatic rings. The van der Waals surface area contributed by atoms with E-state index in [0.717, 1.165) is 48.3 Å². The highest BCUT2D eigenvalue weighted by atomic mass is 32.1. The van der Waals surface area contributed by atoms with Crippen molar-refractivity contribution in [1.29, 1.82) is 0 Å². The maximum atomic E-state index is 13.1. The summed E-state index contributed by atoms with van der Waals surface area (Å²) in [4.78, 5) is 31.5. The highest BCUT2D eigenvalue weighted by molar-refractivity contribution is 7.17. The Balaban J connectivity index is 1.68. The Hall–Kier alpha value is -2.67. The van der Waals surface area contributed by atoms with Crippen molar-refractivity contribution in [3.05, 3.63) is 51.3 Å². The van der Waals surface area contributed by atoms with Gasteiger partial charge in [0.1, 0.15) is 10.6 Å². The van der Waals surface area contributed by atoms with Crippen LogP contribution in [0.5, 0.6) is 0 Å². The molecule has 1 N–H and O–H groups in total. The van der Waals surface area contributed by atoms with E-state index in [0.29, 0.717) is 28.7 Å². The van der Waals surface area contributed by atoms with Crippen molar-refractivity contribution in [3.63, 3.8) is 0 Å². The van der Waals surface area contributed by atoms with E-state index in [9.17, 15) is 9.59 Å². The van der Waals surface area contributed by atoms with Crippen LogP contribution in [-0.2, 0) is 24.0 Å². The number of nitrogens with zero attached hydrogens (tertiary/aromatic N) is 2. The number of carbonyl (C=O) groups is 2. The number of rotatable bonds is 5. The Morgan fingerprint density at radius 3 is 2.87 bits per heavy atom. The molecule has 0 radical (unpaired) electrons. The molecule has 158 valence electrons. The summed E-state index contributed by atoms with van der Waals surface area (Å²) in [5, 5.41) is 3.58. The number of esters is 1. The fourth-order valence-electron chi connectivity index (χ4n) is 4.11. The lowest BCUT2D eigenvalue weighted by molar-refractivity contribution is 0.0526. The highest BCUT2D eigenvalue weighted by Crippen LogP contribution is 2.40. The number of carbonyl (C=O) groups excluding carboxylic acids is 2. The summed E-state index contributed by atoms with van der Waals surface area (Å²) in [7, 11) is 0. The number of aryl methyl sites for hydroxylation is 2. The van der Waals surface area contributed by atoms with Crippen molar-refractivity contribution in [1.82, 2.24) is 9.38 Å². The number of anilines is 1. The van der Waals surface area contributed by atoms with Gasteiger partial charge >= 0.3 is 5.97 Å². The number of aromatic nitrogens is 2. The van der Waals surface area contributed by atoms with Crippen LogP contribution in [0.3, 0.4) is 0 Å². The lowest BCUT2D eigenvalue weighted by Gasteiger charge is -2.18. The molecule has 0 bridgehead atoms. The van der Waals surface area contributed by atoms with Crippen molar-refractivity contribution >= 4 is 33.9 Å². The Morgan fingerprint density at radius 2 is 2.13 bits per heavy atom. The fraction of sp³-hybridized carbons (Fsp3) is 0.435. The molecule has 0 saturated carbocycles. The average Bonchev–Trinajstić information content (AvgIpc) is 3.24. The molecule has 6 nitrogen and oxygen atoms in total. The Kier molecular flexibility index (Phi) is 5.64. The van der Waals surface area contributed by atoms with Crippen LogP contribution in [0.2, 0.25) is 0 Å². The van der Waals surface area contributed by atoms with Crippen LogP contribution in [0.4, 0.5) is 5.00 Å². The molecule has 0 saturated heterocycles. The van der Waals surface area contributed by atoms with Gasteiger partial charge in [0, 0.05) is 16.8 Å². The van der Waals surface area contributed by atoms with E-state index >= 15 is 0 Å². The van der Waals surface area contributed by atoms with Crippen LogP contribution in [-0.4, -0.2) is 27.9 Å². The van der Waals surface area contributed by atoms with Crippen LogP contribution < -0.4 is 5.32 Å². The van der Waals surface area contributed by atoms with E-state index < -0.39 is 0 Å². The molecule has 4 rings (SSSR count). The molecule has 0 aromatic carbocycles. The second kappa shape index (κ2) is 8.22. The van der Waals surface area contributed by atoms with E-state index in [2.05, 4.69) is 24.1 Å². The van der Waals surface area contributed by atoms with Crippen molar-refractivity contribution in [2.24, 2.45) is 5.92 Å². The standard InChI is InChI=1S/C23H27N3O3S/c1-5-17-14(4)26-12-15(8-10-19(26)24-17)21(27)25-22-20(23(28)29-6-2)16-9-7-13(3)11-18(16)30-22/h8,10,12-13H,5-7,9,11H2,1-4H3,(H,25,27). The third kappa shape index (κ3) is 3.62. The SMILES string of the molecule is CCOC(=O)c1c(NC(=O)c2ccc3nc(CC)c(C)n3c2)sc2c1CCC(C)C2. The van der Waals surface area contributed by atoms with Crippen molar-refractivity contribution < 1.29 is 14.3 Å². The zero-order valence-electron chi connectivity index (χ0n) is 17.9. The minimum atomic E-state index is -0.353. The molecule has 0 aliphatic heterocycles. The van der Waals surface area contributed by atoms with Gasteiger partial charge in [-0.25, -0.2) is 9.78 Å². The monoisotopic (exact) mass is 425 g/mol. The molecule has 3 heterocycles. The number of nitrogens with one attached hydrogen (secondary N) is 1. The minimum absolute atomic E-state index is 0.236. The minimum Gasteiger partial charge on any atom is -0.462 e. The molecule has 0 fully saturated rings. The molecular formula is C23H27N3O3S. The number of thiophene rings is 1. The number of hydrogen-bond acceptors (Lipinski definition) is 5. The number of fused-ring (bicyclic) bond motifs is 2. The Bertz CT molecular complexity index is 1130. The zero-order chi connectivity index (χ0) is 21.4. The Labute approximate surface area is 180 Å². The van der Waals surface area contributed by atoms with Crippen LogP contribution in [0, 0.1) is 12.8 Å². The highest BCUT2D eigenvalue weighted by Gasteiger charge is 2.29. The van der Waals surface area contributed by atoms with Crippen molar-refractivity contribution in [3.8, 4) is 0 Å². The van der Waals surface area contributed by atoms with Gasteiger partial charge in [-0.2, -0.15) is 0 Å². The van der Waals surface area contributed by atoms with Crippen molar-refractivity contribution in [2.75, 3.05) is 11.9 Å². The molecule has 7 heteroatoms. The lowest BCUT2D eigenvalue weighted by atomic mass is 9.88. The smallest absolute Gasteiger partial charge is 0.341 e. The maximum Gasteiger partial charge on any atom is 0.341 e. The van der Waals surface area contributed by atoms with Gasteiger partial charge in [-0.1, -0.05) is 13.8 Å². The van der Waals surface area contributed by atoms with Gasteiger partial charge in [-0.15, -0.1) is 11.3 Å². The normalized spacial score (nSPS) is 15.8. The fourth-order valence-corrected chi connectivity index (χ4v) is 5.51. The summed E-state index contributed by atoms with van der Waals surface area (Å²) >= 11 is 1.51. The quantitative estimate of drug-likeness (QED) is 0.595. The molecule has 30 heavy (non-hydrogen) atoms. The van der Waals surface area contributed by atoms with Gasteiger partial charge in [0.2, 0.25) is 0 Å². The zero-order valence-corrected chi connectivity index (χ0v) is 18.7. The number of hydrogen-bond donors (Lipinski definition) is 1. The van der Waals surface area contributed by atoms with E-state index in [1.54, 1.807) is 13.0 Å². The second-order valence-corrected chi connectivity index (χ2v) is 8.98. The lowest BCUT2D eigenvalue weighted by Crippen LogP contribution is -2.17. The molecular weight excluding hydrogens is 398 g/mol. The summed E-state index contributed by atoms with van der Waals surface area (Å²) < 4.78 is 7.25. The van der Waals surface area contributed by atoms with Gasteiger partial charge in [0.05, 0.1) is 23.4 Å². The molecule has 1 aliphatic carbocycles. The molecule has 1 unspecified atom stereocenters. The van der Waals surface area contributed by atoms with Crippen LogP contribution in [0.15, 0.2) is 18.3 Å². The van der Waals surface area contributed by atoms with Gasteiger partial charge in [0.25, 0.3) is 5.91 Å². The predicted molar refractivity (Wildman–Crippen MR) is 119 cm³/mol. The third-order valence-electron chi connectivity index (χ3n) is 5.77. The van der Waals surface area contributed by atoms with Gasteiger partial charge in [-0.3, -0.25) is 4.79 Å². The van der Waals surface area contributed by atoms with Gasteiger partial charge in [0.15, 0.2) is 0 Å². The van der Waals surface area contributed by atoms with Gasteiger partial charge in [-0.05, 0) is 63.1 Å². The van der Waals surface area contributed by atoms with Crippen LogP contribution in [0.1, 0.15) is 69.7 Å². The first-order valence-corrected chi connectivity index (χ1v) is 11.3. The van der Waals surface area contributed by atoms with Gasteiger partial charge < -0.3 is 14.5 Å². The van der Waals surface area contributed by atoms with E-state index in [1.807, 2.05) is 23.6 Å². The van der Waals surface area contributed by atoms with Crippen LogP contribution >= 0.6 is 11.3 Å². The second-order valence-electron chi connectivity index (χ2n) is 7.87. The molecule has 3 aromatic heterocycles. The summed E-state index contributed by atoms with van der Waals surface area (Å²) in [6.45, 7) is 8.40. The van der Waals surface area contributed by atoms with Crippen molar-refractivity contribution in [2.45, 2.75) is 53.4 Å². The maximum absolute atomic E-state index is 13.1. The third-order valence-corrected chi connectivity index (χ3v) is 6.94. The first-order chi connectivity index (χ1) is 14.4. The summed E-state index contributed by atoms with van der Waals surface area (Å²) in [5.41, 5.74) is 4.99. The predicted octanol–water partition coefficient (Wildman–Crippen LogP) is 4.82. The molecule has 0 spiro atoms. The number of pyridine rings is 1. The number of imidazole rings is 1. The van der Waals surface area contributed by atoms with E-state index in [4.69, 9.17) is 4.74 Å². The first kappa shape index (κ1) is 20.6. The Morgan fingerprint density at radius 1 is 1.33 bits per heavy atom. The molecule has 1 atom stereocenters. The topological polar surface area (TPSA) is 72.7 Å². The van der Waals surface area contributed by atoms with Crippen LogP contribution in [0.25, 0.3) is 5.65 Å². The largest absolute Gasteiger partial charge is 0.462 e. The first-order valence-electron chi connectivity index (χ1n) is 10.5. The summed E-state index contributed by atoms with van der Waals surface area (Å²) in [6.07, 6.45) is 5.47. The average molecular weight is 426 g/mol. The number of ether oxygens (including phenoxy) is 1. The molecule has 3 aromatic rings. The number of amides is 1. The molecule has 1 amide bonds.